The summed E-state index contributed by atoms with van der Waals surface area (Å²) in [5, 5.41) is 17.1. The number of hydrogen-bond donors (Lipinski definition) is 6. The minimum atomic E-state index is -0.592. The monoisotopic (exact) mass is 1240 g/mol. The van der Waals surface area contributed by atoms with E-state index in [1.54, 1.807) is 0 Å². The molecule has 0 aliphatic carbocycles. The normalized spacial score (nSPS) is 11.4. The highest BCUT2D eigenvalue weighted by molar-refractivity contribution is 5.91. The van der Waals surface area contributed by atoms with Gasteiger partial charge < -0.3 is 36.6 Å². The fourth-order valence-electron chi connectivity index (χ4n) is 6.45. The lowest BCUT2D eigenvalue weighted by atomic mass is 9.87. The van der Waals surface area contributed by atoms with Crippen molar-refractivity contribution >= 4 is 41.2 Å². The van der Waals surface area contributed by atoms with Crippen molar-refractivity contribution in [3.63, 3.8) is 0 Å². The zero-order chi connectivity index (χ0) is 55.9. The molecule has 3 atom stereocenters. The summed E-state index contributed by atoms with van der Waals surface area (Å²) in [6.07, 6.45) is 4.23. The fraction of sp³-hybridized carbons (Fsp3) is 0.901. The highest BCUT2D eigenvalue weighted by Crippen LogP contribution is 2.24. The molecule has 0 spiro atoms. The molecule has 0 bridgehead atoms. The van der Waals surface area contributed by atoms with Crippen LogP contribution in [0.25, 0.3) is 0 Å². The van der Waals surface area contributed by atoms with Gasteiger partial charge in [-0.25, -0.2) is 0 Å². The topological polar surface area (TPSA) is 201 Å². The van der Waals surface area contributed by atoms with Gasteiger partial charge in [0, 0.05) is 38.8 Å². The smallest absolute Gasteiger partial charge is 0.242 e. The molecule has 532 valence electrons. The quantitative estimate of drug-likeness (QED) is 0.0575. The third-order valence-corrected chi connectivity index (χ3v) is 9.60. The predicted octanol–water partition coefficient (Wildman–Crippen LogP) is 19.4. The van der Waals surface area contributed by atoms with Crippen LogP contribution in [-0.2, 0) is 38.3 Å². The number of carbonyl (C=O) groups excluding carboxylic acids is 7. The van der Waals surface area contributed by atoms with Crippen LogP contribution in [0, 0.1) is 44.3 Å². The first-order valence-corrected chi connectivity index (χ1v) is 26.0. The van der Waals surface area contributed by atoms with Crippen LogP contribution in [0.2, 0.25) is 0 Å². The molecule has 0 unspecified atom stereocenters. The van der Waals surface area contributed by atoms with E-state index in [4.69, 9.17) is 4.74 Å². The Kier molecular flexibility index (Phi) is 89.6. The molecule has 85 heavy (non-hydrogen) atoms. The van der Waals surface area contributed by atoms with E-state index in [1.165, 1.54) is 0 Å². The summed E-state index contributed by atoms with van der Waals surface area (Å²) in [5.41, 5.74) is -0.437. The van der Waals surface area contributed by atoms with Crippen LogP contribution in [0.5, 0.6) is 0 Å². The standard InChI is InChI=1S/C20H38N2O3.C18H36N2O3.C18H36N2O2.15CH4/c1-14(2)11-16(22-17(24)12-20(6,7)8)18(25)21-13-15(23)9-10-19(3,4)5;1-13(2)11-14(20-15(21)12-17(3,4)5)16(22)19-9-10-23-18(6,7)8;1-16(2,3)10-13(15(22)19-12-18(7,8)9)20-14(21)11-17(4,5)6;;;;;;;;;;;;;;;/h14,16H,9-13H2,1-8H3,(H,21,25)(H,22,24);13-14H,9-12H2,1-8H3,(H,19,22)(H,20,21);13H,10-12H2,1-9H3,(H,19,22)(H,20,21);15*1H4/t16-;14-;13-;;;;;;;;;;;;;;;/m000.............../s1. The zero-order valence-corrected chi connectivity index (χ0v) is 49.6. The molecule has 0 saturated carbocycles. The van der Waals surface area contributed by atoms with Crippen molar-refractivity contribution in [3.8, 4) is 0 Å². The molecule has 0 aromatic rings. The molecule has 0 aliphatic heterocycles. The Morgan fingerprint density at radius 2 is 0.659 bits per heavy atom. The van der Waals surface area contributed by atoms with E-state index in [2.05, 4.69) is 94.2 Å². The van der Waals surface area contributed by atoms with Crippen LogP contribution in [0.4, 0.5) is 0 Å². The lowest BCUT2D eigenvalue weighted by molar-refractivity contribution is -0.131. The Hall–Kier alpha value is -3.55. The van der Waals surface area contributed by atoms with Gasteiger partial charge in [0.1, 0.15) is 18.1 Å². The lowest BCUT2D eigenvalue weighted by Gasteiger charge is -2.28. The lowest BCUT2D eigenvalue weighted by Crippen LogP contribution is -2.50. The second-order valence-electron chi connectivity index (χ2n) is 28.4. The molecule has 14 heteroatoms. The number of ether oxygens (including phenoxy) is 1. The van der Waals surface area contributed by atoms with Crippen molar-refractivity contribution < 1.29 is 38.3 Å². The van der Waals surface area contributed by atoms with E-state index < -0.39 is 18.1 Å². The van der Waals surface area contributed by atoms with Gasteiger partial charge in [-0.05, 0) is 90.8 Å². The van der Waals surface area contributed by atoms with Crippen molar-refractivity contribution in [2.75, 3.05) is 26.2 Å². The summed E-state index contributed by atoms with van der Waals surface area (Å²) in [6, 6.07) is -1.55. The van der Waals surface area contributed by atoms with E-state index in [0.29, 0.717) is 70.6 Å². The molecule has 6 amide bonds. The Labute approximate surface area is 539 Å². The summed E-state index contributed by atoms with van der Waals surface area (Å²) in [6.45, 7) is 52.3. The van der Waals surface area contributed by atoms with E-state index in [0.717, 1.165) is 6.42 Å². The molecule has 0 saturated heterocycles. The Bertz CT molecular complexity index is 1590. The van der Waals surface area contributed by atoms with Gasteiger partial charge in [-0.2, -0.15) is 0 Å². The van der Waals surface area contributed by atoms with Crippen LogP contribution in [0.15, 0.2) is 0 Å². The Morgan fingerprint density at radius 1 is 0.365 bits per heavy atom. The van der Waals surface area contributed by atoms with Gasteiger partial charge in [-0.3, -0.25) is 33.6 Å². The number of rotatable bonds is 22. The van der Waals surface area contributed by atoms with Crippen molar-refractivity contribution in [2.45, 2.75) is 360 Å². The van der Waals surface area contributed by atoms with E-state index in [9.17, 15) is 33.6 Å². The maximum atomic E-state index is 12.4. The molecule has 0 fully saturated rings. The summed E-state index contributed by atoms with van der Waals surface area (Å²) in [4.78, 5) is 85.5. The summed E-state index contributed by atoms with van der Waals surface area (Å²) < 4.78 is 5.59. The molecule has 6 N–H and O–H groups in total. The zero-order valence-electron chi connectivity index (χ0n) is 49.6. The average Bonchev–Trinajstić information content (AvgIpc) is 3.09. The number of carbonyl (C=O) groups is 7. The van der Waals surface area contributed by atoms with Gasteiger partial charge in [0.05, 0.1) is 18.8 Å². The Morgan fingerprint density at radius 3 is 0.918 bits per heavy atom. The first-order chi connectivity index (χ1) is 31.1. The molecule has 0 rings (SSSR count). The van der Waals surface area contributed by atoms with E-state index in [-0.39, 0.29) is 203 Å². The van der Waals surface area contributed by atoms with Crippen molar-refractivity contribution in [1.82, 2.24) is 31.9 Å². The maximum Gasteiger partial charge on any atom is 0.242 e. The highest BCUT2D eigenvalue weighted by atomic mass is 16.5. The number of ketones is 1. The van der Waals surface area contributed by atoms with Crippen LogP contribution in [0.3, 0.4) is 0 Å². The highest BCUT2D eigenvalue weighted by Gasteiger charge is 2.30. The van der Waals surface area contributed by atoms with Gasteiger partial charge >= 0.3 is 0 Å². The second kappa shape index (κ2) is 58.2. The van der Waals surface area contributed by atoms with Crippen LogP contribution in [0.1, 0.15) is 336 Å². The number of amides is 6. The SMILES string of the molecule is C.C.C.C.C.C.C.C.C.C.C.C.C.C.C.CC(C)(C)CNC(=O)[C@H](CC(C)(C)C)NC(=O)CC(C)(C)C.CC(C)C[C@H](NC(=O)CC(C)(C)C)C(=O)NCC(=O)CCC(C)(C)C.CC(C)C[C@H](NC(=O)CC(C)(C)C)C(=O)NCCOC(C)(C)C. The van der Waals surface area contributed by atoms with Crippen LogP contribution >= 0.6 is 0 Å². The third kappa shape index (κ3) is 91.8. The summed E-state index contributed by atoms with van der Waals surface area (Å²) in [7, 11) is 0. The first-order valence-electron chi connectivity index (χ1n) is 26.0. The number of nitrogens with one attached hydrogen (secondary N) is 6. The second-order valence-corrected chi connectivity index (χ2v) is 28.4. The molecule has 0 radical (unpaired) electrons. The molecule has 14 nitrogen and oxygen atoms in total. The van der Waals surface area contributed by atoms with Crippen LogP contribution in [-0.4, -0.2) is 91.2 Å². The minimum Gasteiger partial charge on any atom is -0.374 e. The number of hydrogen-bond acceptors (Lipinski definition) is 8. The van der Waals surface area contributed by atoms with Crippen molar-refractivity contribution in [1.29, 1.82) is 0 Å². The predicted molar refractivity (Wildman–Crippen MR) is 390 cm³/mol. The third-order valence-electron chi connectivity index (χ3n) is 9.60. The molecular formula is C71H170N6O8. The maximum absolute atomic E-state index is 12.4. The van der Waals surface area contributed by atoms with Gasteiger partial charge in [0.2, 0.25) is 35.4 Å². The minimum absolute atomic E-state index is 0. The molecule has 0 aromatic carbocycles. The van der Waals surface area contributed by atoms with Gasteiger partial charge in [0.25, 0.3) is 0 Å². The van der Waals surface area contributed by atoms with Gasteiger partial charge in [0.15, 0.2) is 5.78 Å². The molecule has 0 aliphatic rings. The molecular weight excluding hydrogens is 1060 g/mol. The van der Waals surface area contributed by atoms with Crippen molar-refractivity contribution in [2.24, 2.45) is 44.3 Å². The van der Waals surface area contributed by atoms with Crippen molar-refractivity contribution in [3.05, 3.63) is 0 Å². The van der Waals surface area contributed by atoms with Gasteiger partial charge in [-0.15, -0.1) is 0 Å². The van der Waals surface area contributed by atoms with E-state index >= 15 is 0 Å². The Balaban J connectivity index is -0.0000000456. The first kappa shape index (κ1) is 131. The molecule has 0 heterocycles. The molecule has 0 aromatic heterocycles. The summed E-state index contributed by atoms with van der Waals surface area (Å²) >= 11 is 0. The fourth-order valence-corrected chi connectivity index (χ4v) is 6.45. The van der Waals surface area contributed by atoms with Gasteiger partial charge in [-0.1, -0.05) is 264 Å². The number of Topliss-reactive ketones (excluding diaryl/α,β-unsaturated/α-hetero) is 1. The summed E-state index contributed by atoms with van der Waals surface area (Å²) in [5.74, 6) is -0.170. The average molecular weight is 1240 g/mol. The van der Waals surface area contributed by atoms with E-state index in [1.807, 2.05) is 111 Å². The largest absolute Gasteiger partial charge is 0.374 e. The van der Waals surface area contributed by atoms with Crippen LogP contribution < -0.4 is 31.9 Å².